The SMILES string of the molecule is O=C(O)c1cc(-c2cc(Cl)ccc2Cl)ncn1. The van der Waals surface area contributed by atoms with E-state index in [1.54, 1.807) is 18.2 Å². The molecule has 6 heteroatoms. The van der Waals surface area contributed by atoms with Gasteiger partial charge in [0.15, 0.2) is 5.69 Å². The number of aromatic nitrogens is 2. The molecular formula is C11H6Cl2N2O2. The first-order valence-corrected chi connectivity index (χ1v) is 5.34. The van der Waals surface area contributed by atoms with Crippen molar-refractivity contribution >= 4 is 29.2 Å². The van der Waals surface area contributed by atoms with Crippen LogP contribution in [-0.4, -0.2) is 21.0 Å². The monoisotopic (exact) mass is 268 g/mol. The summed E-state index contributed by atoms with van der Waals surface area (Å²) in [4.78, 5) is 18.4. The number of rotatable bonds is 2. The van der Waals surface area contributed by atoms with Gasteiger partial charge >= 0.3 is 5.97 Å². The van der Waals surface area contributed by atoms with E-state index in [0.717, 1.165) is 0 Å². The van der Waals surface area contributed by atoms with Crippen LogP contribution in [0, 0.1) is 0 Å². The fourth-order valence-corrected chi connectivity index (χ4v) is 1.70. The van der Waals surface area contributed by atoms with Gasteiger partial charge in [-0.2, -0.15) is 0 Å². The van der Waals surface area contributed by atoms with E-state index in [9.17, 15) is 4.79 Å². The number of hydrogen-bond acceptors (Lipinski definition) is 3. The minimum Gasteiger partial charge on any atom is -0.477 e. The van der Waals surface area contributed by atoms with Crippen LogP contribution in [0.3, 0.4) is 0 Å². The van der Waals surface area contributed by atoms with Crippen molar-refractivity contribution in [3.8, 4) is 11.3 Å². The lowest BCUT2D eigenvalue weighted by Gasteiger charge is -2.04. The third-order valence-electron chi connectivity index (χ3n) is 2.09. The fraction of sp³-hybridized carbons (Fsp3) is 0. The van der Waals surface area contributed by atoms with Gasteiger partial charge in [0.05, 0.1) is 10.7 Å². The van der Waals surface area contributed by atoms with Gasteiger partial charge in [0.25, 0.3) is 0 Å². The predicted octanol–water partition coefficient (Wildman–Crippen LogP) is 3.15. The molecule has 17 heavy (non-hydrogen) atoms. The van der Waals surface area contributed by atoms with Crippen LogP contribution in [0.15, 0.2) is 30.6 Å². The van der Waals surface area contributed by atoms with Crippen LogP contribution in [-0.2, 0) is 0 Å². The average Bonchev–Trinajstić information content (AvgIpc) is 2.32. The van der Waals surface area contributed by atoms with Crippen molar-refractivity contribution < 1.29 is 9.90 Å². The summed E-state index contributed by atoms with van der Waals surface area (Å²) in [5.41, 5.74) is 0.903. The van der Waals surface area contributed by atoms with Crippen molar-refractivity contribution in [2.24, 2.45) is 0 Å². The zero-order valence-electron chi connectivity index (χ0n) is 8.39. The Morgan fingerprint density at radius 1 is 1.18 bits per heavy atom. The number of carboxylic acid groups (broad SMARTS) is 1. The van der Waals surface area contributed by atoms with Crippen molar-refractivity contribution in [1.82, 2.24) is 9.97 Å². The Kier molecular flexibility index (Phi) is 3.26. The van der Waals surface area contributed by atoms with E-state index in [2.05, 4.69) is 9.97 Å². The molecule has 0 aliphatic rings. The molecule has 1 aromatic heterocycles. The van der Waals surface area contributed by atoms with Crippen molar-refractivity contribution in [3.05, 3.63) is 46.3 Å². The molecule has 4 nitrogen and oxygen atoms in total. The molecule has 2 rings (SSSR count). The number of halogens is 2. The van der Waals surface area contributed by atoms with Crippen LogP contribution in [0.1, 0.15) is 10.5 Å². The highest BCUT2D eigenvalue weighted by Crippen LogP contribution is 2.29. The molecule has 0 saturated heterocycles. The van der Waals surface area contributed by atoms with Gasteiger partial charge < -0.3 is 5.11 Å². The van der Waals surface area contributed by atoms with Gasteiger partial charge in [-0.1, -0.05) is 23.2 Å². The van der Waals surface area contributed by atoms with Gasteiger partial charge in [0.2, 0.25) is 0 Å². The topological polar surface area (TPSA) is 63.1 Å². The van der Waals surface area contributed by atoms with Gasteiger partial charge in [0, 0.05) is 10.6 Å². The Bertz CT molecular complexity index is 587. The number of carbonyl (C=O) groups is 1. The minimum atomic E-state index is -1.12. The summed E-state index contributed by atoms with van der Waals surface area (Å²) in [6, 6.07) is 6.24. The molecule has 0 fully saturated rings. The van der Waals surface area contributed by atoms with Crippen LogP contribution in [0.25, 0.3) is 11.3 Å². The van der Waals surface area contributed by atoms with Gasteiger partial charge in [0.1, 0.15) is 6.33 Å². The van der Waals surface area contributed by atoms with Gasteiger partial charge in [-0.3, -0.25) is 0 Å². The van der Waals surface area contributed by atoms with Crippen LogP contribution >= 0.6 is 23.2 Å². The second-order valence-electron chi connectivity index (χ2n) is 3.22. The Morgan fingerprint density at radius 3 is 2.65 bits per heavy atom. The second-order valence-corrected chi connectivity index (χ2v) is 4.06. The first-order valence-electron chi connectivity index (χ1n) is 4.58. The summed E-state index contributed by atoms with van der Waals surface area (Å²) in [6.45, 7) is 0. The molecule has 1 N–H and O–H groups in total. The smallest absolute Gasteiger partial charge is 0.354 e. The molecule has 1 aromatic carbocycles. The molecule has 0 atom stereocenters. The quantitative estimate of drug-likeness (QED) is 0.909. The normalized spacial score (nSPS) is 10.2. The standard InChI is InChI=1S/C11H6Cl2N2O2/c12-6-1-2-8(13)7(3-6)9-4-10(11(16)17)15-5-14-9/h1-5H,(H,16,17). The summed E-state index contributed by atoms with van der Waals surface area (Å²) in [5, 5.41) is 9.78. The Hall–Kier alpha value is -1.65. The van der Waals surface area contributed by atoms with Gasteiger partial charge in [-0.15, -0.1) is 0 Å². The highest BCUT2D eigenvalue weighted by molar-refractivity contribution is 6.35. The molecular weight excluding hydrogens is 263 g/mol. The molecule has 0 unspecified atom stereocenters. The molecule has 0 amide bonds. The van der Waals surface area contributed by atoms with Crippen LogP contribution in [0.4, 0.5) is 0 Å². The van der Waals surface area contributed by atoms with E-state index in [1.807, 2.05) is 0 Å². The van der Waals surface area contributed by atoms with Crippen molar-refractivity contribution in [3.63, 3.8) is 0 Å². The number of benzene rings is 1. The van der Waals surface area contributed by atoms with E-state index < -0.39 is 5.97 Å². The highest BCUT2D eigenvalue weighted by atomic mass is 35.5. The fourth-order valence-electron chi connectivity index (χ4n) is 1.32. The maximum absolute atomic E-state index is 10.8. The van der Waals surface area contributed by atoms with Crippen LogP contribution < -0.4 is 0 Å². The number of hydrogen-bond donors (Lipinski definition) is 1. The largest absolute Gasteiger partial charge is 0.477 e. The summed E-state index contributed by atoms with van der Waals surface area (Å²) in [6.07, 6.45) is 1.18. The number of aromatic carboxylic acids is 1. The van der Waals surface area contributed by atoms with Gasteiger partial charge in [-0.25, -0.2) is 14.8 Å². The Morgan fingerprint density at radius 2 is 1.94 bits per heavy atom. The van der Waals surface area contributed by atoms with Gasteiger partial charge in [-0.05, 0) is 24.3 Å². The summed E-state index contributed by atoms with van der Waals surface area (Å²) < 4.78 is 0. The molecule has 0 bridgehead atoms. The maximum Gasteiger partial charge on any atom is 0.354 e. The lowest BCUT2D eigenvalue weighted by Crippen LogP contribution is -2.01. The third-order valence-corrected chi connectivity index (χ3v) is 2.66. The zero-order chi connectivity index (χ0) is 12.4. The zero-order valence-corrected chi connectivity index (χ0v) is 9.90. The molecule has 0 saturated carbocycles. The average molecular weight is 269 g/mol. The lowest BCUT2D eigenvalue weighted by molar-refractivity contribution is 0.0690. The second kappa shape index (κ2) is 4.69. The summed E-state index contributed by atoms with van der Waals surface area (Å²) in [5.74, 6) is -1.12. The molecule has 0 aliphatic heterocycles. The summed E-state index contributed by atoms with van der Waals surface area (Å²) in [7, 11) is 0. The summed E-state index contributed by atoms with van der Waals surface area (Å²) >= 11 is 11.8. The van der Waals surface area contributed by atoms with Crippen molar-refractivity contribution in [2.75, 3.05) is 0 Å². The van der Waals surface area contributed by atoms with Crippen molar-refractivity contribution in [2.45, 2.75) is 0 Å². The minimum absolute atomic E-state index is 0.0916. The van der Waals surface area contributed by atoms with E-state index in [1.165, 1.54) is 12.4 Å². The third kappa shape index (κ3) is 2.54. The highest BCUT2D eigenvalue weighted by Gasteiger charge is 2.10. The Balaban J connectivity index is 2.56. The van der Waals surface area contributed by atoms with Crippen molar-refractivity contribution in [1.29, 1.82) is 0 Å². The first-order chi connectivity index (χ1) is 8.08. The van der Waals surface area contributed by atoms with E-state index in [-0.39, 0.29) is 5.69 Å². The lowest BCUT2D eigenvalue weighted by atomic mass is 10.1. The number of nitrogens with zero attached hydrogens (tertiary/aromatic N) is 2. The maximum atomic E-state index is 10.8. The van der Waals surface area contributed by atoms with Crippen LogP contribution in [0.2, 0.25) is 10.0 Å². The molecule has 86 valence electrons. The number of carboxylic acids is 1. The predicted molar refractivity (Wildman–Crippen MR) is 64.4 cm³/mol. The Labute approximate surface area is 107 Å². The molecule has 0 aliphatic carbocycles. The molecule has 0 radical (unpaired) electrons. The van der Waals surface area contributed by atoms with E-state index in [4.69, 9.17) is 28.3 Å². The van der Waals surface area contributed by atoms with E-state index >= 15 is 0 Å². The first kappa shape index (κ1) is 11.8. The molecule has 2 aromatic rings. The molecule has 1 heterocycles. The van der Waals surface area contributed by atoms with Crippen LogP contribution in [0.5, 0.6) is 0 Å². The van der Waals surface area contributed by atoms with E-state index in [0.29, 0.717) is 21.3 Å². The molecule has 0 spiro atoms.